The van der Waals surface area contributed by atoms with E-state index in [0.29, 0.717) is 49.5 Å². The van der Waals surface area contributed by atoms with E-state index in [0.717, 1.165) is 0 Å². The highest BCUT2D eigenvalue weighted by molar-refractivity contribution is 6.05. The molecule has 0 spiro atoms. The van der Waals surface area contributed by atoms with Gasteiger partial charge in [0.25, 0.3) is 5.92 Å². The number of terminal acetylenes is 1. The van der Waals surface area contributed by atoms with Gasteiger partial charge in [-0.3, -0.25) is 4.90 Å². The van der Waals surface area contributed by atoms with Crippen molar-refractivity contribution in [1.82, 2.24) is 25.2 Å². The predicted molar refractivity (Wildman–Crippen MR) is 161 cm³/mol. The Balaban J connectivity index is 1.34. The number of pyridine rings is 1. The van der Waals surface area contributed by atoms with E-state index in [1.54, 1.807) is 11.0 Å². The molecule has 0 aliphatic carbocycles. The minimum Gasteiger partial charge on any atom is -0.472 e. The van der Waals surface area contributed by atoms with Crippen molar-refractivity contribution in [3.63, 3.8) is 0 Å². The van der Waals surface area contributed by atoms with E-state index in [1.807, 2.05) is 11.8 Å². The number of hydrogen-bond donors (Lipinski definition) is 2. The summed E-state index contributed by atoms with van der Waals surface area (Å²) >= 11 is 0. The van der Waals surface area contributed by atoms with Gasteiger partial charge in [-0.1, -0.05) is 12.0 Å². The molecule has 0 saturated carbocycles. The molecule has 6 heterocycles. The molecule has 2 aromatic heterocycles. The van der Waals surface area contributed by atoms with Crippen molar-refractivity contribution in [1.29, 1.82) is 0 Å². The number of aromatic nitrogens is 3. The molecule has 8 rings (SSSR count). The second kappa shape index (κ2) is 9.79. The summed E-state index contributed by atoms with van der Waals surface area (Å²) in [5.41, 5.74) is 5.49. The number of rotatable bonds is 4. The van der Waals surface area contributed by atoms with Crippen LogP contribution in [0.15, 0.2) is 24.3 Å². The van der Waals surface area contributed by atoms with Crippen LogP contribution in [0.1, 0.15) is 25.3 Å². The number of nitrogen functional groups attached to an aromatic ring is 1. The van der Waals surface area contributed by atoms with Crippen molar-refractivity contribution in [2.45, 2.75) is 43.4 Å². The Kier molecular flexibility index (Phi) is 6.11. The molecule has 0 amide bonds. The molecule has 3 atom stereocenters. The number of benzene rings is 2. The first-order valence-electron chi connectivity index (χ1n) is 14.9. The van der Waals surface area contributed by atoms with Crippen LogP contribution in [0.3, 0.4) is 0 Å². The molecule has 9 nitrogen and oxygen atoms in total. The van der Waals surface area contributed by atoms with E-state index in [-0.39, 0.29) is 70.6 Å². The van der Waals surface area contributed by atoms with E-state index in [9.17, 15) is 13.2 Å². The number of piperazine rings is 1. The van der Waals surface area contributed by atoms with Crippen LogP contribution in [0, 0.1) is 24.0 Å². The third-order valence-electron chi connectivity index (χ3n) is 9.59. The molecule has 13 heteroatoms. The van der Waals surface area contributed by atoms with Gasteiger partial charge in [-0.15, -0.1) is 6.42 Å². The first kappa shape index (κ1) is 28.1. The molecule has 0 bridgehead atoms. The molecule has 4 aliphatic rings. The summed E-state index contributed by atoms with van der Waals surface area (Å²) < 4.78 is 72.9. The molecular weight excluding hydrogens is 590 g/mol. The second-order valence-electron chi connectivity index (χ2n) is 12.4. The van der Waals surface area contributed by atoms with Gasteiger partial charge in [0.1, 0.15) is 40.9 Å². The van der Waals surface area contributed by atoms with Gasteiger partial charge in [0.05, 0.1) is 23.7 Å². The normalized spacial score (nSPS) is 25.2. The van der Waals surface area contributed by atoms with Crippen molar-refractivity contribution in [2.75, 3.05) is 50.0 Å². The van der Waals surface area contributed by atoms with Gasteiger partial charge >= 0.3 is 6.01 Å². The van der Waals surface area contributed by atoms with E-state index < -0.39 is 29.2 Å². The maximum absolute atomic E-state index is 16.9. The fourth-order valence-corrected chi connectivity index (χ4v) is 7.36. The lowest BCUT2D eigenvalue weighted by Gasteiger charge is -2.46. The van der Waals surface area contributed by atoms with Crippen molar-refractivity contribution in [3.8, 4) is 35.5 Å². The van der Waals surface area contributed by atoms with Gasteiger partial charge in [-0.2, -0.15) is 9.97 Å². The highest BCUT2D eigenvalue weighted by atomic mass is 19.3. The Bertz CT molecular complexity index is 1950. The second-order valence-corrected chi connectivity index (χ2v) is 12.4. The number of hydrogen-bond acceptors (Lipinski definition) is 9. The van der Waals surface area contributed by atoms with Crippen molar-refractivity contribution >= 4 is 33.2 Å². The SMILES string of the molecule is C#Cc1c(F)ccc2cc(N)cc(-c3nc4c5c(nc(OC[C@]67CCN6CC(F)(F)C7)nc5c3F)N3CCNC[C@H]3[C@H](C)O4)c12. The first-order valence-corrected chi connectivity index (χ1v) is 14.9. The maximum Gasteiger partial charge on any atom is 0.319 e. The van der Waals surface area contributed by atoms with Crippen LogP contribution in [-0.4, -0.2) is 82.8 Å². The van der Waals surface area contributed by atoms with E-state index in [2.05, 4.69) is 21.2 Å². The van der Waals surface area contributed by atoms with Crippen LogP contribution in [-0.2, 0) is 0 Å². The first-order chi connectivity index (χ1) is 21.6. The van der Waals surface area contributed by atoms with Gasteiger partial charge in [-0.25, -0.2) is 22.5 Å². The zero-order chi connectivity index (χ0) is 31.2. The van der Waals surface area contributed by atoms with Gasteiger partial charge in [0.2, 0.25) is 5.88 Å². The fraction of sp³-hybridized carbons (Fsp3) is 0.406. The summed E-state index contributed by atoms with van der Waals surface area (Å²) in [5.74, 6) is -1.43. The zero-order valence-electron chi connectivity index (χ0n) is 24.3. The molecule has 3 N–H and O–H groups in total. The summed E-state index contributed by atoms with van der Waals surface area (Å²) in [6.45, 7) is 3.83. The number of nitrogens with one attached hydrogen (secondary N) is 1. The fourth-order valence-electron chi connectivity index (χ4n) is 7.36. The predicted octanol–water partition coefficient (Wildman–Crippen LogP) is 4.11. The molecule has 4 aliphatic heterocycles. The highest BCUT2D eigenvalue weighted by Crippen LogP contribution is 2.48. The molecule has 2 aromatic carbocycles. The summed E-state index contributed by atoms with van der Waals surface area (Å²) in [5, 5.41) is 4.39. The van der Waals surface area contributed by atoms with Crippen molar-refractivity contribution < 1.29 is 27.0 Å². The lowest BCUT2D eigenvalue weighted by atomic mass is 9.85. The lowest BCUT2D eigenvalue weighted by molar-refractivity contribution is -0.0132. The molecule has 0 radical (unpaired) electrons. The number of nitrogens with two attached hydrogens (primary N) is 1. The Morgan fingerprint density at radius 2 is 2.02 bits per heavy atom. The van der Waals surface area contributed by atoms with E-state index >= 15 is 4.39 Å². The van der Waals surface area contributed by atoms with Gasteiger partial charge in [0.15, 0.2) is 5.82 Å². The monoisotopic (exact) mass is 619 g/mol. The van der Waals surface area contributed by atoms with Crippen molar-refractivity contribution in [3.05, 3.63) is 41.5 Å². The Morgan fingerprint density at radius 1 is 1.18 bits per heavy atom. The maximum atomic E-state index is 16.9. The number of ether oxygens (including phenoxy) is 2. The number of nitrogens with zero attached hydrogens (tertiary/aromatic N) is 5. The standard InChI is InChI=1S/C32H29F4N7O2/c1-3-19-21(33)5-4-17-10-18(37)11-20(23(17)19)26-25(34)27-24-28(43-9-7-38-12-22(43)16(2)45-29(24)39-26)41-30(40-27)44-15-31-6-8-42(31)14-32(35,36)13-31/h1,4-5,10-11,16,22,38H,6-9,12-15,37H2,2H3/t16-,22-,31+/m0/s1. The minimum absolute atomic E-state index is 0.0581. The molecule has 3 fully saturated rings. The van der Waals surface area contributed by atoms with Crippen LogP contribution in [0.25, 0.3) is 32.9 Å². The molecule has 3 saturated heterocycles. The van der Waals surface area contributed by atoms with Gasteiger partial charge in [0, 0.05) is 49.2 Å². The van der Waals surface area contributed by atoms with Crippen molar-refractivity contribution in [2.24, 2.45) is 0 Å². The highest BCUT2D eigenvalue weighted by Gasteiger charge is 2.60. The number of halogens is 4. The van der Waals surface area contributed by atoms with Crippen LogP contribution >= 0.6 is 0 Å². The number of anilines is 2. The summed E-state index contributed by atoms with van der Waals surface area (Å²) in [7, 11) is 0. The van der Waals surface area contributed by atoms with Crippen LogP contribution in [0.5, 0.6) is 11.9 Å². The lowest BCUT2D eigenvalue weighted by Crippen LogP contribution is -2.59. The third kappa shape index (κ3) is 4.26. The Morgan fingerprint density at radius 3 is 2.78 bits per heavy atom. The molecule has 4 aromatic rings. The van der Waals surface area contributed by atoms with E-state index in [4.69, 9.17) is 26.6 Å². The summed E-state index contributed by atoms with van der Waals surface area (Å²) in [6, 6.07) is 5.54. The average molecular weight is 620 g/mol. The average Bonchev–Trinajstić information content (AvgIpc) is 3.11. The quantitative estimate of drug-likeness (QED) is 0.199. The van der Waals surface area contributed by atoms with Crippen LogP contribution in [0.4, 0.5) is 29.1 Å². The Hall–Kier alpha value is -4.41. The largest absolute Gasteiger partial charge is 0.472 e. The topological polar surface area (TPSA) is 102 Å². The minimum atomic E-state index is -2.81. The molecular formula is C32H29F4N7O2. The molecule has 45 heavy (non-hydrogen) atoms. The Labute approximate surface area is 255 Å². The summed E-state index contributed by atoms with van der Waals surface area (Å²) in [4.78, 5) is 17.6. The zero-order valence-corrected chi connectivity index (χ0v) is 24.3. The number of fused-ring (bicyclic) bond motifs is 4. The molecule has 0 unspecified atom stereocenters. The number of alkyl halides is 2. The van der Waals surface area contributed by atoms with Crippen LogP contribution in [0.2, 0.25) is 0 Å². The smallest absolute Gasteiger partial charge is 0.319 e. The van der Waals surface area contributed by atoms with Gasteiger partial charge in [-0.05, 0) is 36.9 Å². The summed E-state index contributed by atoms with van der Waals surface area (Å²) in [6.07, 6.45) is 5.54. The third-order valence-corrected chi connectivity index (χ3v) is 9.59. The van der Waals surface area contributed by atoms with Gasteiger partial charge < -0.3 is 25.4 Å². The molecule has 232 valence electrons. The van der Waals surface area contributed by atoms with Crippen LogP contribution < -0.4 is 25.4 Å². The van der Waals surface area contributed by atoms with E-state index in [1.165, 1.54) is 18.2 Å².